The maximum absolute atomic E-state index is 5.93. The summed E-state index contributed by atoms with van der Waals surface area (Å²) in [5.41, 5.74) is -0.0243. The number of rotatable bonds is 1. The summed E-state index contributed by atoms with van der Waals surface area (Å²) in [6, 6.07) is 3.67. The van der Waals surface area contributed by atoms with Crippen LogP contribution in [-0.4, -0.2) is 30.1 Å². The van der Waals surface area contributed by atoms with Crippen molar-refractivity contribution in [2.24, 2.45) is 0 Å². The van der Waals surface area contributed by atoms with Crippen molar-refractivity contribution in [3.63, 3.8) is 0 Å². The summed E-state index contributed by atoms with van der Waals surface area (Å²) in [4.78, 5) is 4.37. The van der Waals surface area contributed by atoms with Crippen LogP contribution in [0.4, 0.5) is 0 Å². The van der Waals surface area contributed by atoms with Gasteiger partial charge >= 0.3 is 7.12 Å². The molecule has 5 nitrogen and oxygen atoms in total. The van der Waals surface area contributed by atoms with Crippen molar-refractivity contribution in [3.8, 4) is 11.6 Å². The van der Waals surface area contributed by atoms with E-state index in [4.69, 9.17) is 18.8 Å². The molecule has 6 heteroatoms. The molecule has 96 valence electrons. The Balaban J connectivity index is 1.89. The second kappa shape index (κ2) is 3.62. The Labute approximate surface area is 107 Å². The molecular weight excluding hydrogens is 233 g/mol. The quantitative estimate of drug-likeness (QED) is 0.698. The lowest BCUT2D eigenvalue weighted by Gasteiger charge is -2.32. The second-order valence-corrected chi connectivity index (χ2v) is 5.53. The van der Waals surface area contributed by atoms with Crippen molar-refractivity contribution in [2.75, 3.05) is 6.79 Å². The number of nitrogens with zero attached hydrogens (tertiary/aromatic N) is 1. The average molecular weight is 249 g/mol. The van der Waals surface area contributed by atoms with Gasteiger partial charge in [0.25, 0.3) is 5.88 Å². The van der Waals surface area contributed by atoms with Crippen LogP contribution in [0.1, 0.15) is 27.7 Å². The monoisotopic (exact) mass is 249 g/mol. The number of fused-ring (bicyclic) bond motifs is 1. The highest BCUT2D eigenvalue weighted by Gasteiger charge is 2.52. The maximum Gasteiger partial charge on any atom is 0.514 e. The van der Waals surface area contributed by atoms with Crippen molar-refractivity contribution in [2.45, 2.75) is 38.9 Å². The van der Waals surface area contributed by atoms with Gasteiger partial charge in [0, 0.05) is 0 Å². The molecule has 0 spiro atoms. The van der Waals surface area contributed by atoms with E-state index in [1.807, 2.05) is 39.8 Å². The molecule has 1 aromatic heterocycles. The van der Waals surface area contributed by atoms with Crippen molar-refractivity contribution in [1.29, 1.82) is 0 Å². The largest absolute Gasteiger partial charge is 0.514 e. The Kier molecular flexibility index (Phi) is 2.37. The van der Waals surface area contributed by atoms with Crippen LogP contribution in [0, 0.1) is 0 Å². The molecule has 0 unspecified atom stereocenters. The van der Waals surface area contributed by atoms with Gasteiger partial charge in [0.2, 0.25) is 6.79 Å². The Morgan fingerprint density at radius 3 is 2.39 bits per heavy atom. The summed E-state index contributed by atoms with van der Waals surface area (Å²) >= 11 is 0. The van der Waals surface area contributed by atoms with Gasteiger partial charge in [0.05, 0.1) is 16.8 Å². The lowest BCUT2D eigenvalue weighted by molar-refractivity contribution is 0.00578. The van der Waals surface area contributed by atoms with Crippen LogP contribution in [0.3, 0.4) is 0 Å². The summed E-state index contributed by atoms with van der Waals surface area (Å²) in [5.74, 6) is 1.16. The average Bonchev–Trinajstić information content (AvgIpc) is 2.80. The predicted octanol–water partition coefficient (Wildman–Crippen LogP) is 1.11. The standard InChI is InChI=1S/C12H16BNO4/c1-11(2)12(3,4)18-13(17-11)9-6-5-8-10(14-9)16-7-15-8/h5-6H,7H2,1-4H3. The van der Waals surface area contributed by atoms with Crippen LogP contribution in [0.5, 0.6) is 11.6 Å². The van der Waals surface area contributed by atoms with Crippen molar-refractivity contribution in [3.05, 3.63) is 12.1 Å². The molecule has 0 aliphatic carbocycles. The van der Waals surface area contributed by atoms with E-state index in [2.05, 4.69) is 4.98 Å². The van der Waals surface area contributed by atoms with Crippen molar-refractivity contribution >= 4 is 12.7 Å². The minimum atomic E-state index is -0.468. The molecular formula is C12H16BNO4. The molecule has 18 heavy (non-hydrogen) atoms. The van der Waals surface area contributed by atoms with E-state index >= 15 is 0 Å². The third kappa shape index (κ3) is 1.68. The molecule has 0 radical (unpaired) electrons. The van der Waals surface area contributed by atoms with E-state index in [-0.39, 0.29) is 18.0 Å². The summed E-state index contributed by atoms with van der Waals surface area (Å²) in [6.45, 7) is 8.27. The van der Waals surface area contributed by atoms with Gasteiger partial charge in [-0.1, -0.05) is 0 Å². The molecule has 0 amide bonds. The zero-order valence-corrected chi connectivity index (χ0v) is 11.0. The molecule has 0 atom stereocenters. The first-order valence-corrected chi connectivity index (χ1v) is 6.01. The Bertz CT molecular complexity index is 473. The number of hydrogen-bond acceptors (Lipinski definition) is 5. The fraction of sp³-hybridized carbons (Fsp3) is 0.583. The Hall–Kier alpha value is -1.27. The van der Waals surface area contributed by atoms with Gasteiger partial charge in [-0.05, 0) is 39.8 Å². The minimum Gasteiger partial charge on any atom is -0.452 e. The zero-order chi connectivity index (χ0) is 13.0. The number of ether oxygens (including phenoxy) is 2. The molecule has 0 saturated carbocycles. The molecule has 1 aromatic rings. The SMILES string of the molecule is CC1(C)OB(c2ccc3c(n2)OCO3)OC1(C)C. The summed E-state index contributed by atoms with van der Waals surface area (Å²) < 4.78 is 22.3. The van der Waals surface area contributed by atoms with Gasteiger partial charge in [0.15, 0.2) is 5.75 Å². The highest BCUT2D eigenvalue weighted by Crippen LogP contribution is 2.37. The van der Waals surface area contributed by atoms with E-state index in [0.717, 1.165) is 0 Å². The topological polar surface area (TPSA) is 49.8 Å². The first-order chi connectivity index (χ1) is 8.39. The molecule has 2 aliphatic heterocycles. The zero-order valence-electron chi connectivity index (χ0n) is 11.0. The van der Waals surface area contributed by atoms with Gasteiger partial charge in [-0.15, -0.1) is 0 Å². The lowest BCUT2D eigenvalue weighted by atomic mass is 9.84. The van der Waals surface area contributed by atoms with E-state index in [1.165, 1.54) is 0 Å². The van der Waals surface area contributed by atoms with Gasteiger partial charge in [-0.2, -0.15) is 0 Å². The number of hydrogen-bond donors (Lipinski definition) is 0. The molecule has 0 bridgehead atoms. The van der Waals surface area contributed by atoms with E-state index in [9.17, 15) is 0 Å². The van der Waals surface area contributed by atoms with Gasteiger partial charge in [-0.3, -0.25) is 0 Å². The second-order valence-electron chi connectivity index (χ2n) is 5.53. The van der Waals surface area contributed by atoms with Gasteiger partial charge < -0.3 is 18.8 Å². The van der Waals surface area contributed by atoms with Crippen molar-refractivity contribution < 1.29 is 18.8 Å². The number of aromatic nitrogens is 1. The third-order valence-electron chi connectivity index (χ3n) is 3.75. The molecule has 2 aliphatic rings. The summed E-state index contributed by atoms with van der Waals surface area (Å²) in [7, 11) is -0.468. The van der Waals surface area contributed by atoms with Crippen LogP contribution in [0.25, 0.3) is 0 Å². The van der Waals surface area contributed by atoms with Crippen LogP contribution >= 0.6 is 0 Å². The van der Waals surface area contributed by atoms with E-state index in [1.54, 1.807) is 0 Å². The molecule has 1 saturated heterocycles. The summed E-state index contributed by atoms with van der Waals surface area (Å²) in [5, 5.41) is 0. The highest BCUT2D eigenvalue weighted by molar-refractivity contribution is 6.61. The van der Waals surface area contributed by atoms with Crippen LogP contribution in [0.2, 0.25) is 0 Å². The normalized spacial score (nSPS) is 23.4. The third-order valence-corrected chi connectivity index (χ3v) is 3.75. The smallest absolute Gasteiger partial charge is 0.452 e. The van der Waals surface area contributed by atoms with Gasteiger partial charge in [0.1, 0.15) is 0 Å². The Morgan fingerprint density at radius 2 is 1.72 bits per heavy atom. The fourth-order valence-corrected chi connectivity index (χ4v) is 1.90. The first-order valence-electron chi connectivity index (χ1n) is 6.01. The lowest BCUT2D eigenvalue weighted by Crippen LogP contribution is -2.41. The van der Waals surface area contributed by atoms with Crippen LogP contribution < -0.4 is 15.1 Å². The number of pyridine rings is 1. The molecule has 0 aromatic carbocycles. The predicted molar refractivity (Wildman–Crippen MR) is 66.1 cm³/mol. The van der Waals surface area contributed by atoms with Crippen molar-refractivity contribution in [1.82, 2.24) is 4.98 Å². The highest BCUT2D eigenvalue weighted by atomic mass is 16.7. The molecule has 0 N–H and O–H groups in total. The fourth-order valence-electron chi connectivity index (χ4n) is 1.90. The Morgan fingerprint density at radius 1 is 1.06 bits per heavy atom. The molecule has 1 fully saturated rings. The van der Waals surface area contributed by atoms with E-state index < -0.39 is 7.12 Å². The van der Waals surface area contributed by atoms with Crippen LogP contribution in [-0.2, 0) is 9.31 Å². The van der Waals surface area contributed by atoms with Gasteiger partial charge in [-0.25, -0.2) is 4.98 Å². The molecule has 3 heterocycles. The minimum absolute atomic E-state index is 0.217. The summed E-state index contributed by atoms with van der Waals surface area (Å²) in [6.07, 6.45) is 0. The van der Waals surface area contributed by atoms with E-state index in [0.29, 0.717) is 17.2 Å². The molecule has 3 rings (SSSR count). The first kappa shape index (κ1) is 11.8. The maximum atomic E-state index is 5.93. The van der Waals surface area contributed by atoms with Crippen LogP contribution in [0.15, 0.2) is 12.1 Å².